The van der Waals surface area contributed by atoms with E-state index in [2.05, 4.69) is 5.32 Å². The number of amides is 1. The van der Waals surface area contributed by atoms with Crippen LogP contribution in [0.3, 0.4) is 0 Å². The molecule has 0 radical (unpaired) electrons. The SMILES string of the molecule is CC.CC(=O)NC(C#N)CN(C)CCO. The zero-order chi connectivity index (χ0) is 12.3. The first-order valence-corrected chi connectivity index (χ1v) is 5.06. The van der Waals surface area contributed by atoms with Crippen LogP contribution in [-0.4, -0.2) is 48.7 Å². The molecule has 0 rings (SSSR count). The van der Waals surface area contributed by atoms with Gasteiger partial charge in [-0.05, 0) is 7.05 Å². The van der Waals surface area contributed by atoms with Crippen LogP contribution in [0, 0.1) is 11.3 Å². The number of aliphatic hydroxyl groups is 1. The highest BCUT2D eigenvalue weighted by Gasteiger charge is 2.10. The van der Waals surface area contributed by atoms with Gasteiger partial charge in [0.25, 0.3) is 0 Å². The minimum absolute atomic E-state index is 0.0503. The number of nitrogens with zero attached hydrogens (tertiary/aromatic N) is 2. The van der Waals surface area contributed by atoms with Crippen molar-refractivity contribution in [1.82, 2.24) is 10.2 Å². The Morgan fingerprint density at radius 1 is 1.60 bits per heavy atom. The number of hydrogen-bond acceptors (Lipinski definition) is 4. The number of carbonyl (C=O) groups is 1. The van der Waals surface area contributed by atoms with Crippen LogP contribution in [0.5, 0.6) is 0 Å². The van der Waals surface area contributed by atoms with E-state index in [1.807, 2.05) is 19.9 Å². The summed E-state index contributed by atoms with van der Waals surface area (Å²) in [6, 6.07) is 1.46. The molecule has 5 nitrogen and oxygen atoms in total. The maximum absolute atomic E-state index is 10.6. The second-order valence-electron chi connectivity index (χ2n) is 2.87. The molecule has 0 aromatic carbocycles. The second-order valence-corrected chi connectivity index (χ2v) is 2.87. The van der Waals surface area contributed by atoms with Crippen LogP contribution in [0.4, 0.5) is 0 Å². The molecule has 0 aliphatic heterocycles. The molecule has 5 heteroatoms. The number of nitriles is 1. The average molecular weight is 215 g/mol. The lowest BCUT2D eigenvalue weighted by molar-refractivity contribution is -0.119. The molecule has 0 bridgehead atoms. The molecule has 0 saturated heterocycles. The van der Waals surface area contributed by atoms with Gasteiger partial charge >= 0.3 is 0 Å². The molecule has 0 aromatic rings. The largest absolute Gasteiger partial charge is 0.395 e. The van der Waals surface area contributed by atoms with E-state index in [0.717, 1.165) is 0 Å². The van der Waals surface area contributed by atoms with E-state index in [1.165, 1.54) is 6.92 Å². The van der Waals surface area contributed by atoms with Crippen LogP contribution < -0.4 is 5.32 Å². The Morgan fingerprint density at radius 3 is 2.47 bits per heavy atom. The molecule has 0 aromatic heterocycles. The van der Waals surface area contributed by atoms with E-state index in [1.54, 1.807) is 11.9 Å². The van der Waals surface area contributed by atoms with Gasteiger partial charge < -0.3 is 15.3 Å². The number of likely N-dealkylation sites (N-methyl/N-ethyl adjacent to an activating group) is 1. The van der Waals surface area contributed by atoms with Gasteiger partial charge in [-0.25, -0.2) is 0 Å². The Morgan fingerprint density at radius 2 is 2.13 bits per heavy atom. The number of carbonyl (C=O) groups excluding carboxylic acids is 1. The zero-order valence-electron chi connectivity index (χ0n) is 9.95. The maximum Gasteiger partial charge on any atom is 0.217 e. The highest BCUT2D eigenvalue weighted by molar-refractivity contribution is 5.73. The van der Waals surface area contributed by atoms with Crippen molar-refractivity contribution in [3.8, 4) is 6.07 Å². The minimum atomic E-state index is -0.506. The minimum Gasteiger partial charge on any atom is -0.395 e. The molecule has 0 aliphatic rings. The standard InChI is InChI=1S/C8H15N3O2.C2H6/c1-7(13)10-8(5-9)6-11(2)3-4-12;1-2/h8,12H,3-4,6H2,1-2H3,(H,10,13);1-2H3. The fraction of sp³-hybridized carbons (Fsp3) is 0.800. The van der Waals surface area contributed by atoms with Gasteiger partial charge in [-0.1, -0.05) is 13.8 Å². The molecule has 15 heavy (non-hydrogen) atoms. The molecule has 0 heterocycles. The third-order valence-corrected chi connectivity index (χ3v) is 1.51. The van der Waals surface area contributed by atoms with E-state index in [0.29, 0.717) is 13.1 Å². The topological polar surface area (TPSA) is 76.4 Å². The maximum atomic E-state index is 10.6. The number of nitrogens with one attached hydrogen (secondary N) is 1. The first-order chi connectivity index (χ1) is 7.10. The van der Waals surface area contributed by atoms with Crippen molar-refractivity contribution in [2.45, 2.75) is 26.8 Å². The van der Waals surface area contributed by atoms with Gasteiger partial charge in [0.1, 0.15) is 6.04 Å². The van der Waals surface area contributed by atoms with Crippen molar-refractivity contribution in [2.24, 2.45) is 0 Å². The first kappa shape index (κ1) is 16.3. The van der Waals surface area contributed by atoms with Crippen LogP contribution in [0.15, 0.2) is 0 Å². The molecule has 0 fully saturated rings. The van der Waals surface area contributed by atoms with Crippen LogP contribution in [-0.2, 0) is 4.79 Å². The summed E-state index contributed by atoms with van der Waals surface area (Å²) in [7, 11) is 1.78. The molecule has 0 spiro atoms. The van der Waals surface area contributed by atoms with E-state index in [4.69, 9.17) is 10.4 Å². The Balaban J connectivity index is 0. The first-order valence-electron chi connectivity index (χ1n) is 5.06. The second kappa shape index (κ2) is 11.0. The summed E-state index contributed by atoms with van der Waals surface area (Å²) in [6.45, 7) is 6.35. The molecule has 0 saturated carbocycles. The van der Waals surface area contributed by atoms with Gasteiger partial charge in [0.15, 0.2) is 0 Å². The van der Waals surface area contributed by atoms with Crippen LogP contribution in [0.1, 0.15) is 20.8 Å². The van der Waals surface area contributed by atoms with Crippen LogP contribution in [0.25, 0.3) is 0 Å². The van der Waals surface area contributed by atoms with Crippen molar-refractivity contribution < 1.29 is 9.90 Å². The lowest BCUT2D eigenvalue weighted by Gasteiger charge is -2.18. The Hall–Kier alpha value is -1.12. The fourth-order valence-corrected chi connectivity index (χ4v) is 0.938. The smallest absolute Gasteiger partial charge is 0.217 e. The Kier molecular flexibility index (Phi) is 11.9. The van der Waals surface area contributed by atoms with Gasteiger partial charge in [-0.3, -0.25) is 4.79 Å². The normalized spacial score (nSPS) is 11.0. The van der Waals surface area contributed by atoms with E-state index in [-0.39, 0.29) is 12.5 Å². The van der Waals surface area contributed by atoms with Gasteiger partial charge in [-0.2, -0.15) is 5.26 Å². The summed E-state index contributed by atoms with van der Waals surface area (Å²) in [5.74, 6) is -0.219. The molecule has 1 amide bonds. The summed E-state index contributed by atoms with van der Waals surface area (Å²) in [4.78, 5) is 12.4. The molecule has 1 unspecified atom stereocenters. The fourth-order valence-electron chi connectivity index (χ4n) is 0.938. The third kappa shape index (κ3) is 10.8. The summed E-state index contributed by atoms with van der Waals surface area (Å²) in [5.41, 5.74) is 0. The molecule has 1 atom stereocenters. The molecule has 0 aliphatic carbocycles. The van der Waals surface area contributed by atoms with Gasteiger partial charge in [0.2, 0.25) is 5.91 Å². The average Bonchev–Trinajstić information content (AvgIpc) is 2.19. The predicted molar refractivity (Wildman–Crippen MR) is 59.1 cm³/mol. The molecule has 2 N–H and O–H groups in total. The van der Waals surface area contributed by atoms with Crippen molar-refractivity contribution in [3.05, 3.63) is 0 Å². The summed E-state index contributed by atoms with van der Waals surface area (Å²) in [6.07, 6.45) is 0. The number of hydrogen-bond donors (Lipinski definition) is 2. The van der Waals surface area contributed by atoms with Crippen LogP contribution in [0.2, 0.25) is 0 Å². The predicted octanol–water partition coefficient (Wildman–Crippen LogP) is -0.0350. The summed E-state index contributed by atoms with van der Waals surface area (Å²) >= 11 is 0. The van der Waals surface area contributed by atoms with Crippen molar-refractivity contribution in [1.29, 1.82) is 5.26 Å². The van der Waals surface area contributed by atoms with Gasteiger partial charge in [0.05, 0.1) is 12.7 Å². The van der Waals surface area contributed by atoms with Crippen molar-refractivity contribution in [3.63, 3.8) is 0 Å². The van der Waals surface area contributed by atoms with E-state index >= 15 is 0 Å². The van der Waals surface area contributed by atoms with E-state index < -0.39 is 6.04 Å². The van der Waals surface area contributed by atoms with Crippen LogP contribution >= 0.6 is 0 Å². The quantitative estimate of drug-likeness (QED) is 0.675. The Labute approximate surface area is 91.7 Å². The number of rotatable bonds is 5. The highest BCUT2D eigenvalue weighted by atomic mass is 16.3. The highest BCUT2D eigenvalue weighted by Crippen LogP contribution is 1.87. The third-order valence-electron chi connectivity index (χ3n) is 1.51. The summed E-state index contributed by atoms with van der Waals surface area (Å²) < 4.78 is 0. The van der Waals surface area contributed by atoms with Gasteiger partial charge in [0, 0.05) is 20.0 Å². The van der Waals surface area contributed by atoms with E-state index in [9.17, 15) is 4.79 Å². The zero-order valence-corrected chi connectivity index (χ0v) is 9.95. The Bertz CT molecular complexity index is 201. The molecular formula is C10H21N3O2. The van der Waals surface area contributed by atoms with Gasteiger partial charge in [-0.15, -0.1) is 0 Å². The van der Waals surface area contributed by atoms with Crippen molar-refractivity contribution in [2.75, 3.05) is 26.7 Å². The van der Waals surface area contributed by atoms with Crippen molar-refractivity contribution >= 4 is 5.91 Å². The lowest BCUT2D eigenvalue weighted by atomic mass is 10.3. The molecular weight excluding hydrogens is 194 g/mol. The monoisotopic (exact) mass is 215 g/mol. The number of aliphatic hydroxyl groups excluding tert-OH is 1. The lowest BCUT2D eigenvalue weighted by Crippen LogP contribution is -2.41. The summed E-state index contributed by atoms with van der Waals surface area (Å²) in [5, 5.41) is 19.7. The molecule has 88 valence electrons.